The van der Waals surface area contributed by atoms with E-state index in [1.54, 1.807) is 0 Å². The number of H-pyrrole nitrogens is 1. The molecule has 0 radical (unpaired) electrons. The number of benzene rings is 2. The van der Waals surface area contributed by atoms with Crippen LogP contribution in [0.4, 0.5) is 5.69 Å². The lowest BCUT2D eigenvalue weighted by Crippen LogP contribution is -1.93. The molecule has 0 unspecified atom stereocenters. The highest BCUT2D eigenvalue weighted by Gasteiger charge is 2.10. The second kappa shape index (κ2) is 4.09. The molecule has 0 saturated carbocycles. The Kier molecular flexibility index (Phi) is 2.27. The summed E-state index contributed by atoms with van der Waals surface area (Å²) >= 11 is 0. The summed E-state index contributed by atoms with van der Waals surface area (Å²) in [6, 6.07) is 15.0. The summed E-state index contributed by atoms with van der Waals surface area (Å²) in [5.74, 6) is 0. The van der Waals surface area contributed by atoms with Gasteiger partial charge >= 0.3 is 0 Å². The van der Waals surface area contributed by atoms with E-state index in [-0.39, 0.29) is 0 Å². The van der Waals surface area contributed by atoms with E-state index in [2.05, 4.69) is 58.6 Å². The van der Waals surface area contributed by atoms with Crippen LogP contribution in [-0.4, -0.2) is 11.2 Å². The molecule has 0 aliphatic carbocycles. The van der Waals surface area contributed by atoms with Gasteiger partial charge in [-0.1, -0.05) is 24.3 Å². The third-order valence-corrected chi connectivity index (χ3v) is 3.75. The molecule has 1 aliphatic rings. The average Bonchev–Trinajstić information content (AvgIpc) is 2.91. The molecule has 0 spiro atoms. The van der Waals surface area contributed by atoms with E-state index in [4.69, 9.17) is 0 Å². The molecule has 2 heteroatoms. The summed E-state index contributed by atoms with van der Waals surface area (Å²) in [5, 5.41) is 1.28. The van der Waals surface area contributed by atoms with E-state index in [0.29, 0.717) is 0 Å². The zero-order valence-corrected chi connectivity index (χ0v) is 10.6. The normalized spacial score (nSPS) is 13.7. The molecule has 2 nitrogen and oxygen atoms in total. The van der Waals surface area contributed by atoms with Crippen LogP contribution in [0.25, 0.3) is 22.0 Å². The van der Waals surface area contributed by atoms with Crippen molar-refractivity contribution < 1.29 is 0 Å². The van der Waals surface area contributed by atoms with Crippen LogP contribution in [-0.2, 0) is 6.42 Å². The van der Waals surface area contributed by atoms with Gasteiger partial charge in [-0.05, 0) is 42.2 Å². The molecule has 0 amide bonds. The summed E-state index contributed by atoms with van der Waals surface area (Å²) in [6.45, 7) is 0. The highest BCUT2D eigenvalue weighted by molar-refractivity contribution is 5.95. The third kappa shape index (κ3) is 1.68. The lowest BCUT2D eigenvalue weighted by molar-refractivity contribution is 1.03. The summed E-state index contributed by atoms with van der Waals surface area (Å²) in [4.78, 5) is 7.78. The maximum Gasteiger partial charge on any atom is 0.0658 e. The van der Waals surface area contributed by atoms with Crippen LogP contribution in [0, 0.1) is 0 Å². The van der Waals surface area contributed by atoms with Crippen molar-refractivity contribution in [2.75, 3.05) is 0 Å². The van der Waals surface area contributed by atoms with Crippen molar-refractivity contribution >= 4 is 22.8 Å². The smallest absolute Gasteiger partial charge is 0.0658 e. The van der Waals surface area contributed by atoms with Gasteiger partial charge in [0.1, 0.15) is 0 Å². The molecule has 0 saturated heterocycles. The average molecular weight is 246 g/mol. The maximum absolute atomic E-state index is 4.44. The van der Waals surface area contributed by atoms with Gasteiger partial charge < -0.3 is 4.98 Å². The van der Waals surface area contributed by atoms with Crippen molar-refractivity contribution in [3.8, 4) is 11.1 Å². The molecule has 4 rings (SSSR count). The predicted molar refractivity (Wildman–Crippen MR) is 80.2 cm³/mol. The lowest BCUT2D eigenvalue weighted by atomic mass is 9.98. The van der Waals surface area contributed by atoms with Crippen LogP contribution in [0.1, 0.15) is 12.0 Å². The number of nitrogens with one attached hydrogen (secondary N) is 1. The minimum atomic E-state index is 1.05. The molecule has 1 aromatic heterocycles. The van der Waals surface area contributed by atoms with Crippen LogP contribution in [0.3, 0.4) is 0 Å². The molecule has 1 aliphatic heterocycles. The van der Waals surface area contributed by atoms with Gasteiger partial charge in [-0.3, -0.25) is 4.99 Å². The molecule has 92 valence electrons. The first-order valence-corrected chi connectivity index (χ1v) is 6.64. The summed E-state index contributed by atoms with van der Waals surface area (Å²) in [6.07, 6.45) is 6.24. The van der Waals surface area contributed by atoms with Gasteiger partial charge in [0.25, 0.3) is 0 Å². The number of aliphatic imine (C=N–C) groups is 1. The molecule has 19 heavy (non-hydrogen) atoms. The molecule has 2 heterocycles. The van der Waals surface area contributed by atoms with Crippen LogP contribution in [0.15, 0.2) is 53.7 Å². The molecular weight excluding hydrogens is 232 g/mol. The molecule has 3 aromatic rings. The number of rotatable bonds is 1. The van der Waals surface area contributed by atoms with Crippen molar-refractivity contribution in [1.82, 2.24) is 4.98 Å². The first-order valence-electron chi connectivity index (χ1n) is 6.64. The monoisotopic (exact) mass is 246 g/mol. The number of hydrogen-bond donors (Lipinski definition) is 1. The highest BCUT2D eigenvalue weighted by Crippen LogP contribution is 2.33. The first-order chi connectivity index (χ1) is 9.42. The molecule has 0 bridgehead atoms. The Bertz CT molecular complexity index is 781. The van der Waals surface area contributed by atoms with E-state index in [9.17, 15) is 0 Å². The minimum Gasteiger partial charge on any atom is -0.361 e. The van der Waals surface area contributed by atoms with E-state index >= 15 is 0 Å². The Labute approximate surface area is 111 Å². The topological polar surface area (TPSA) is 28.1 Å². The zero-order valence-electron chi connectivity index (χ0n) is 10.6. The van der Waals surface area contributed by atoms with Crippen molar-refractivity contribution in [2.45, 2.75) is 12.8 Å². The minimum absolute atomic E-state index is 1.05. The summed E-state index contributed by atoms with van der Waals surface area (Å²) in [7, 11) is 0. The fourth-order valence-electron chi connectivity index (χ4n) is 2.77. The zero-order chi connectivity index (χ0) is 12.7. The number of hydrogen-bond acceptors (Lipinski definition) is 1. The molecule has 2 aromatic carbocycles. The summed E-state index contributed by atoms with van der Waals surface area (Å²) < 4.78 is 0. The Morgan fingerprint density at radius 3 is 3.00 bits per heavy atom. The van der Waals surface area contributed by atoms with E-state index < -0.39 is 0 Å². The number of aromatic amines is 1. The number of aromatic nitrogens is 1. The largest absolute Gasteiger partial charge is 0.361 e. The number of fused-ring (bicyclic) bond motifs is 2. The maximum atomic E-state index is 4.44. The highest BCUT2D eigenvalue weighted by atomic mass is 14.7. The lowest BCUT2D eigenvalue weighted by Gasteiger charge is -2.11. The Hall–Kier alpha value is -2.35. The van der Waals surface area contributed by atoms with E-state index in [0.717, 1.165) is 18.5 Å². The van der Waals surface area contributed by atoms with Gasteiger partial charge in [-0.2, -0.15) is 0 Å². The number of aryl methyl sites for hydroxylation is 1. The number of nitrogens with zero attached hydrogens (tertiary/aromatic N) is 1. The quantitative estimate of drug-likeness (QED) is 0.655. The standard InChI is InChI=1S/C17H14N2/c1-2-6-17-14(5-1)15(11-19-17)12-7-8-16-13(10-12)4-3-9-18-16/h1-2,5-11,19H,3-4H2. The second-order valence-electron chi connectivity index (χ2n) is 4.94. The van der Waals surface area contributed by atoms with Crippen molar-refractivity contribution in [3.05, 3.63) is 54.2 Å². The van der Waals surface area contributed by atoms with Gasteiger partial charge in [-0.25, -0.2) is 0 Å². The van der Waals surface area contributed by atoms with Crippen LogP contribution in [0.5, 0.6) is 0 Å². The van der Waals surface area contributed by atoms with Crippen LogP contribution < -0.4 is 0 Å². The number of para-hydroxylation sites is 1. The fraction of sp³-hybridized carbons (Fsp3) is 0.118. The summed E-state index contributed by atoms with van der Waals surface area (Å²) in [5.41, 5.74) is 6.20. The molecule has 0 atom stereocenters. The fourth-order valence-corrected chi connectivity index (χ4v) is 2.77. The van der Waals surface area contributed by atoms with E-state index in [1.807, 2.05) is 6.21 Å². The second-order valence-corrected chi connectivity index (χ2v) is 4.94. The third-order valence-electron chi connectivity index (χ3n) is 3.75. The van der Waals surface area contributed by atoms with Gasteiger partial charge in [0.2, 0.25) is 0 Å². The Balaban J connectivity index is 1.90. The molecule has 1 N–H and O–H groups in total. The van der Waals surface area contributed by atoms with Crippen LogP contribution in [0.2, 0.25) is 0 Å². The van der Waals surface area contributed by atoms with Gasteiger partial charge in [0.05, 0.1) is 5.69 Å². The van der Waals surface area contributed by atoms with Crippen molar-refractivity contribution in [3.63, 3.8) is 0 Å². The van der Waals surface area contributed by atoms with E-state index in [1.165, 1.54) is 27.6 Å². The van der Waals surface area contributed by atoms with Gasteiger partial charge in [0, 0.05) is 28.9 Å². The van der Waals surface area contributed by atoms with Gasteiger partial charge in [-0.15, -0.1) is 0 Å². The SMILES string of the molecule is C1=Nc2ccc(-c3c[nH]c4ccccc34)cc2CC1. The predicted octanol–water partition coefficient (Wildman–Crippen LogP) is 4.48. The first kappa shape index (κ1) is 10.6. The Morgan fingerprint density at radius 2 is 2.00 bits per heavy atom. The van der Waals surface area contributed by atoms with Crippen LogP contribution >= 0.6 is 0 Å². The molecule has 0 fully saturated rings. The van der Waals surface area contributed by atoms with Gasteiger partial charge in [0.15, 0.2) is 0 Å². The molecular formula is C17H14N2. The van der Waals surface area contributed by atoms with Crippen molar-refractivity contribution in [1.29, 1.82) is 0 Å². The Morgan fingerprint density at radius 1 is 1.05 bits per heavy atom. The van der Waals surface area contributed by atoms with Crippen molar-refractivity contribution in [2.24, 2.45) is 4.99 Å².